The fourth-order valence-corrected chi connectivity index (χ4v) is 2.94. The van der Waals surface area contributed by atoms with Gasteiger partial charge in [-0.25, -0.2) is 15.2 Å². The summed E-state index contributed by atoms with van der Waals surface area (Å²) in [4.78, 5) is 28.6. The number of aromatic nitrogens is 1. The van der Waals surface area contributed by atoms with Crippen LogP contribution in [0.2, 0.25) is 0 Å². The molecule has 0 saturated heterocycles. The van der Waals surface area contributed by atoms with Gasteiger partial charge < -0.3 is 9.52 Å². The summed E-state index contributed by atoms with van der Waals surface area (Å²) in [5.41, 5.74) is 4.49. The maximum absolute atomic E-state index is 12.8. The normalized spacial score (nSPS) is 11.0. The van der Waals surface area contributed by atoms with E-state index in [0.29, 0.717) is 33.5 Å². The van der Waals surface area contributed by atoms with Crippen molar-refractivity contribution < 1.29 is 19.1 Å². The van der Waals surface area contributed by atoms with Gasteiger partial charge >= 0.3 is 5.97 Å². The van der Waals surface area contributed by atoms with Crippen LogP contribution in [0.3, 0.4) is 0 Å². The molecule has 1 amide bonds. The van der Waals surface area contributed by atoms with Gasteiger partial charge in [-0.05, 0) is 30.3 Å². The number of para-hydroxylation sites is 1. The largest absolute Gasteiger partial charge is 0.478 e. The van der Waals surface area contributed by atoms with Crippen molar-refractivity contribution in [2.45, 2.75) is 0 Å². The van der Waals surface area contributed by atoms with E-state index in [-0.39, 0.29) is 5.56 Å². The van der Waals surface area contributed by atoms with E-state index in [1.165, 1.54) is 18.5 Å². The first kappa shape index (κ1) is 18.1. The third kappa shape index (κ3) is 3.74. The molecule has 4 rings (SSSR count). The number of hydrogen-bond donors (Lipinski definition) is 2. The van der Waals surface area contributed by atoms with Crippen LogP contribution < -0.4 is 5.43 Å². The number of pyridine rings is 1. The summed E-state index contributed by atoms with van der Waals surface area (Å²) in [6.07, 6.45) is 2.84. The number of carboxylic acid groups (broad SMARTS) is 1. The highest BCUT2D eigenvalue weighted by molar-refractivity contribution is 6.07. The first-order chi connectivity index (χ1) is 14.1. The summed E-state index contributed by atoms with van der Waals surface area (Å²) in [5, 5.41) is 13.8. The minimum Gasteiger partial charge on any atom is -0.478 e. The first-order valence-electron chi connectivity index (χ1n) is 8.73. The van der Waals surface area contributed by atoms with Crippen LogP contribution in [-0.4, -0.2) is 28.2 Å². The maximum atomic E-state index is 12.8. The number of amides is 1. The molecule has 0 bridgehead atoms. The zero-order valence-electron chi connectivity index (χ0n) is 15.1. The number of carboxylic acids is 1. The van der Waals surface area contributed by atoms with E-state index in [1.807, 2.05) is 18.2 Å². The molecule has 0 aliphatic carbocycles. The van der Waals surface area contributed by atoms with Crippen LogP contribution in [0.5, 0.6) is 0 Å². The third-order valence-electron chi connectivity index (χ3n) is 4.30. The Labute approximate surface area is 165 Å². The Bertz CT molecular complexity index is 1230. The number of carbonyl (C=O) groups is 2. The van der Waals surface area contributed by atoms with E-state index in [4.69, 9.17) is 4.42 Å². The Morgan fingerprint density at radius 3 is 2.59 bits per heavy atom. The van der Waals surface area contributed by atoms with E-state index in [2.05, 4.69) is 15.5 Å². The minimum absolute atomic E-state index is 0.0972. The Balaban J connectivity index is 1.66. The molecular formula is C22H15N3O4. The van der Waals surface area contributed by atoms with Gasteiger partial charge in [-0.2, -0.15) is 5.10 Å². The fraction of sp³-hybridized carbons (Fsp3) is 0. The van der Waals surface area contributed by atoms with Crippen LogP contribution >= 0.6 is 0 Å². The highest BCUT2D eigenvalue weighted by atomic mass is 16.4. The number of benzene rings is 2. The van der Waals surface area contributed by atoms with E-state index < -0.39 is 11.9 Å². The van der Waals surface area contributed by atoms with Gasteiger partial charge in [-0.3, -0.25) is 4.79 Å². The summed E-state index contributed by atoms with van der Waals surface area (Å²) >= 11 is 0. The lowest BCUT2D eigenvalue weighted by Gasteiger charge is -2.07. The zero-order valence-corrected chi connectivity index (χ0v) is 15.1. The second-order valence-electron chi connectivity index (χ2n) is 6.14. The predicted octanol–water partition coefficient (Wildman–Crippen LogP) is 3.96. The summed E-state index contributed by atoms with van der Waals surface area (Å²) < 4.78 is 5.40. The number of furan rings is 1. The van der Waals surface area contributed by atoms with Gasteiger partial charge in [0.25, 0.3) is 5.91 Å². The Hall–Kier alpha value is -4.26. The molecule has 2 heterocycles. The van der Waals surface area contributed by atoms with Crippen molar-refractivity contribution in [3.8, 4) is 11.5 Å². The molecule has 2 aromatic heterocycles. The van der Waals surface area contributed by atoms with Gasteiger partial charge in [-0.1, -0.05) is 36.4 Å². The molecule has 0 unspecified atom stereocenters. The van der Waals surface area contributed by atoms with Crippen molar-refractivity contribution in [1.29, 1.82) is 0 Å². The number of carbonyl (C=O) groups excluding carboxylic acids is 1. The van der Waals surface area contributed by atoms with E-state index in [0.717, 1.165) is 0 Å². The van der Waals surface area contributed by atoms with Crippen LogP contribution in [0.4, 0.5) is 0 Å². The van der Waals surface area contributed by atoms with Gasteiger partial charge in [0.05, 0.1) is 29.1 Å². The second-order valence-corrected chi connectivity index (χ2v) is 6.14. The fourth-order valence-electron chi connectivity index (χ4n) is 2.94. The molecule has 0 saturated carbocycles. The quantitative estimate of drug-likeness (QED) is 0.400. The molecule has 7 heteroatoms. The van der Waals surface area contributed by atoms with E-state index in [9.17, 15) is 14.7 Å². The minimum atomic E-state index is -1.07. The van der Waals surface area contributed by atoms with Gasteiger partial charge in [0.15, 0.2) is 5.76 Å². The molecule has 0 atom stereocenters. The van der Waals surface area contributed by atoms with E-state index in [1.54, 1.807) is 42.5 Å². The standard InChI is InChI=1S/C22H15N3O4/c26-21(25-23-13-14-6-1-2-7-15(14)22(27)28)17-12-19(20-10-5-11-29-20)24-18-9-4-3-8-16(17)18/h1-13H,(H,25,26)(H,27,28). The lowest BCUT2D eigenvalue weighted by Crippen LogP contribution is -2.18. The van der Waals surface area contributed by atoms with Crippen LogP contribution in [0.1, 0.15) is 26.3 Å². The average Bonchev–Trinajstić information content (AvgIpc) is 3.28. The molecule has 0 aliphatic heterocycles. The van der Waals surface area contributed by atoms with Gasteiger partial charge in [0, 0.05) is 10.9 Å². The molecule has 0 spiro atoms. The van der Waals surface area contributed by atoms with E-state index >= 15 is 0 Å². The smallest absolute Gasteiger partial charge is 0.336 e. The predicted molar refractivity (Wildman–Crippen MR) is 108 cm³/mol. The van der Waals surface area contributed by atoms with Gasteiger partial charge in [-0.15, -0.1) is 0 Å². The third-order valence-corrected chi connectivity index (χ3v) is 4.30. The van der Waals surface area contributed by atoms with Crippen LogP contribution in [0.25, 0.3) is 22.4 Å². The SMILES string of the molecule is O=C(O)c1ccccc1C=NNC(=O)c1cc(-c2ccco2)nc2ccccc12. The molecule has 2 aromatic carbocycles. The second kappa shape index (κ2) is 7.77. The Kier molecular flexibility index (Phi) is 4.86. The van der Waals surface area contributed by atoms with Crippen molar-refractivity contribution in [2.24, 2.45) is 5.10 Å². The van der Waals surface area contributed by atoms with Crippen molar-refractivity contribution in [3.63, 3.8) is 0 Å². The Morgan fingerprint density at radius 1 is 1.00 bits per heavy atom. The number of rotatable bonds is 5. The number of aromatic carboxylic acids is 1. The van der Waals surface area contributed by atoms with Crippen molar-refractivity contribution in [3.05, 3.63) is 89.7 Å². The maximum Gasteiger partial charge on any atom is 0.336 e. The van der Waals surface area contributed by atoms with Gasteiger partial charge in [0.1, 0.15) is 5.69 Å². The lowest BCUT2D eigenvalue weighted by atomic mass is 10.1. The molecular weight excluding hydrogens is 370 g/mol. The number of nitrogens with zero attached hydrogens (tertiary/aromatic N) is 2. The molecule has 7 nitrogen and oxygen atoms in total. The molecule has 2 N–H and O–H groups in total. The zero-order chi connectivity index (χ0) is 20.2. The molecule has 29 heavy (non-hydrogen) atoms. The summed E-state index contributed by atoms with van der Waals surface area (Å²) in [6, 6.07) is 18.8. The molecule has 0 fully saturated rings. The average molecular weight is 385 g/mol. The summed E-state index contributed by atoms with van der Waals surface area (Å²) in [7, 11) is 0. The summed E-state index contributed by atoms with van der Waals surface area (Å²) in [5.74, 6) is -0.967. The number of nitrogens with one attached hydrogen (secondary N) is 1. The molecule has 4 aromatic rings. The Morgan fingerprint density at radius 2 is 1.79 bits per heavy atom. The number of fused-ring (bicyclic) bond motifs is 1. The number of hydrogen-bond acceptors (Lipinski definition) is 5. The van der Waals surface area contributed by atoms with Gasteiger partial charge in [0.2, 0.25) is 0 Å². The topological polar surface area (TPSA) is 105 Å². The molecule has 0 aliphatic rings. The van der Waals surface area contributed by atoms with Crippen LogP contribution in [0, 0.1) is 0 Å². The highest BCUT2D eigenvalue weighted by Crippen LogP contribution is 2.25. The van der Waals surface area contributed by atoms with Crippen LogP contribution in [0.15, 0.2) is 82.5 Å². The summed E-state index contributed by atoms with van der Waals surface area (Å²) in [6.45, 7) is 0. The monoisotopic (exact) mass is 385 g/mol. The number of hydrazone groups is 1. The first-order valence-corrected chi connectivity index (χ1v) is 8.73. The lowest BCUT2D eigenvalue weighted by molar-refractivity contribution is 0.0696. The van der Waals surface area contributed by atoms with Crippen molar-refractivity contribution in [2.75, 3.05) is 0 Å². The van der Waals surface area contributed by atoms with Crippen LogP contribution in [-0.2, 0) is 0 Å². The highest BCUT2D eigenvalue weighted by Gasteiger charge is 2.15. The molecule has 0 radical (unpaired) electrons. The van der Waals surface area contributed by atoms with Crippen molar-refractivity contribution >= 4 is 29.0 Å². The van der Waals surface area contributed by atoms with Crippen molar-refractivity contribution in [1.82, 2.24) is 10.4 Å². The molecule has 142 valence electrons.